The summed E-state index contributed by atoms with van der Waals surface area (Å²) >= 11 is 0. The SMILES string of the molecule is NC1(C(=O)N2CCCC2C2CCCCC2)CCCC1. The van der Waals surface area contributed by atoms with Crippen LogP contribution in [-0.4, -0.2) is 28.9 Å². The maximum atomic E-state index is 12.8. The first kappa shape index (κ1) is 13.4. The van der Waals surface area contributed by atoms with E-state index in [9.17, 15) is 4.79 Å². The predicted molar refractivity (Wildman–Crippen MR) is 76.7 cm³/mol. The van der Waals surface area contributed by atoms with E-state index in [-0.39, 0.29) is 5.91 Å². The van der Waals surface area contributed by atoms with Gasteiger partial charge in [-0.15, -0.1) is 0 Å². The third kappa shape index (κ3) is 2.54. The Kier molecular flexibility index (Phi) is 3.84. The van der Waals surface area contributed by atoms with Crippen molar-refractivity contribution >= 4 is 5.91 Å². The van der Waals surface area contributed by atoms with Gasteiger partial charge in [-0.3, -0.25) is 4.79 Å². The Hall–Kier alpha value is -0.570. The number of carbonyl (C=O) groups excluding carboxylic acids is 1. The van der Waals surface area contributed by atoms with Crippen LogP contribution in [0.5, 0.6) is 0 Å². The Morgan fingerprint density at radius 2 is 1.63 bits per heavy atom. The molecule has 0 aromatic carbocycles. The summed E-state index contributed by atoms with van der Waals surface area (Å²) < 4.78 is 0. The summed E-state index contributed by atoms with van der Waals surface area (Å²) in [7, 11) is 0. The third-order valence-corrected chi connectivity index (χ3v) is 5.68. The summed E-state index contributed by atoms with van der Waals surface area (Å²) in [5.74, 6) is 1.03. The van der Waals surface area contributed by atoms with Gasteiger partial charge in [0.1, 0.15) is 0 Å². The monoisotopic (exact) mass is 264 g/mol. The lowest BCUT2D eigenvalue weighted by molar-refractivity contribution is -0.138. The molecule has 108 valence electrons. The fourth-order valence-electron chi connectivity index (χ4n) is 4.56. The summed E-state index contributed by atoms with van der Waals surface area (Å²) in [6.45, 7) is 0.957. The molecule has 1 saturated heterocycles. The molecule has 3 heteroatoms. The van der Waals surface area contributed by atoms with Crippen LogP contribution in [0, 0.1) is 5.92 Å². The molecule has 19 heavy (non-hydrogen) atoms. The molecule has 2 saturated carbocycles. The predicted octanol–water partition coefficient (Wildman–Crippen LogP) is 2.83. The first-order valence-electron chi connectivity index (χ1n) is 8.31. The van der Waals surface area contributed by atoms with E-state index in [0.29, 0.717) is 6.04 Å². The molecule has 1 atom stereocenters. The number of hydrogen-bond donors (Lipinski definition) is 1. The van der Waals surface area contributed by atoms with E-state index in [1.807, 2.05) is 0 Å². The number of amides is 1. The fraction of sp³-hybridized carbons (Fsp3) is 0.938. The minimum atomic E-state index is -0.517. The second kappa shape index (κ2) is 5.43. The Labute approximate surface area is 116 Å². The molecule has 0 aromatic rings. The molecule has 3 rings (SSSR count). The molecule has 2 N–H and O–H groups in total. The first-order valence-corrected chi connectivity index (χ1v) is 8.31. The molecule has 0 spiro atoms. The minimum absolute atomic E-state index is 0.276. The summed E-state index contributed by atoms with van der Waals surface area (Å²) in [5.41, 5.74) is 5.87. The lowest BCUT2D eigenvalue weighted by Gasteiger charge is -2.38. The molecule has 1 heterocycles. The minimum Gasteiger partial charge on any atom is -0.338 e. The summed E-state index contributed by atoms with van der Waals surface area (Å²) in [6.07, 6.45) is 13.2. The highest BCUT2D eigenvalue weighted by Gasteiger charge is 2.44. The molecule has 3 nitrogen and oxygen atoms in total. The van der Waals surface area contributed by atoms with Crippen molar-refractivity contribution in [3.05, 3.63) is 0 Å². The number of nitrogens with zero attached hydrogens (tertiary/aromatic N) is 1. The van der Waals surface area contributed by atoms with Crippen molar-refractivity contribution in [2.45, 2.75) is 82.2 Å². The summed E-state index contributed by atoms with van der Waals surface area (Å²) in [6, 6.07) is 0.508. The summed E-state index contributed by atoms with van der Waals surface area (Å²) in [4.78, 5) is 15.0. The zero-order valence-corrected chi connectivity index (χ0v) is 12.1. The maximum absolute atomic E-state index is 12.8. The van der Waals surface area contributed by atoms with E-state index in [2.05, 4.69) is 4.90 Å². The number of nitrogens with two attached hydrogens (primary N) is 1. The van der Waals surface area contributed by atoms with Crippen molar-refractivity contribution in [2.75, 3.05) is 6.54 Å². The highest BCUT2D eigenvalue weighted by molar-refractivity contribution is 5.87. The Bertz CT molecular complexity index is 330. The van der Waals surface area contributed by atoms with Crippen LogP contribution in [0.3, 0.4) is 0 Å². The van der Waals surface area contributed by atoms with Crippen molar-refractivity contribution in [1.29, 1.82) is 0 Å². The van der Waals surface area contributed by atoms with Crippen LogP contribution in [0.1, 0.15) is 70.6 Å². The number of rotatable bonds is 2. The van der Waals surface area contributed by atoms with Gasteiger partial charge in [0, 0.05) is 12.6 Å². The molecular formula is C16H28N2O. The molecule has 3 aliphatic rings. The summed E-state index contributed by atoms with van der Waals surface area (Å²) in [5, 5.41) is 0. The van der Waals surface area contributed by atoms with Crippen molar-refractivity contribution < 1.29 is 4.79 Å². The molecule has 0 aromatic heterocycles. The van der Waals surface area contributed by atoms with Crippen LogP contribution in [0.4, 0.5) is 0 Å². The number of likely N-dealkylation sites (tertiary alicyclic amines) is 1. The van der Waals surface area contributed by atoms with Crippen LogP contribution in [0.2, 0.25) is 0 Å². The zero-order chi connectivity index (χ0) is 13.3. The second-order valence-electron chi connectivity index (χ2n) is 6.97. The van der Waals surface area contributed by atoms with Crippen molar-refractivity contribution in [2.24, 2.45) is 11.7 Å². The number of carbonyl (C=O) groups is 1. The normalized spacial score (nSPS) is 31.8. The van der Waals surface area contributed by atoms with Crippen molar-refractivity contribution in [3.8, 4) is 0 Å². The van der Waals surface area contributed by atoms with Gasteiger partial charge in [-0.1, -0.05) is 32.1 Å². The molecule has 0 radical (unpaired) electrons. The molecule has 0 bridgehead atoms. The highest BCUT2D eigenvalue weighted by atomic mass is 16.2. The molecule has 1 unspecified atom stereocenters. The topological polar surface area (TPSA) is 46.3 Å². The van der Waals surface area contributed by atoms with Crippen molar-refractivity contribution in [1.82, 2.24) is 4.90 Å². The molecule has 3 fully saturated rings. The molecule has 1 aliphatic heterocycles. The van der Waals surface area contributed by atoms with Crippen LogP contribution < -0.4 is 5.73 Å². The molecule has 1 amide bonds. The first-order chi connectivity index (χ1) is 9.21. The van der Waals surface area contributed by atoms with Crippen LogP contribution in [0.15, 0.2) is 0 Å². The van der Waals surface area contributed by atoms with E-state index < -0.39 is 5.54 Å². The van der Waals surface area contributed by atoms with E-state index in [1.165, 1.54) is 44.9 Å². The van der Waals surface area contributed by atoms with Gasteiger partial charge in [-0.25, -0.2) is 0 Å². The van der Waals surface area contributed by atoms with Gasteiger partial charge >= 0.3 is 0 Å². The quantitative estimate of drug-likeness (QED) is 0.833. The van der Waals surface area contributed by atoms with Crippen molar-refractivity contribution in [3.63, 3.8) is 0 Å². The fourth-order valence-corrected chi connectivity index (χ4v) is 4.56. The zero-order valence-electron chi connectivity index (χ0n) is 12.1. The average Bonchev–Trinajstić information content (AvgIpc) is 3.08. The average molecular weight is 264 g/mol. The van der Waals surface area contributed by atoms with E-state index in [4.69, 9.17) is 5.73 Å². The third-order valence-electron chi connectivity index (χ3n) is 5.68. The van der Waals surface area contributed by atoms with Gasteiger partial charge in [0.15, 0.2) is 0 Å². The van der Waals surface area contributed by atoms with Gasteiger partial charge in [-0.2, -0.15) is 0 Å². The van der Waals surface area contributed by atoms with Gasteiger partial charge < -0.3 is 10.6 Å². The molecular weight excluding hydrogens is 236 g/mol. The Morgan fingerprint density at radius 3 is 2.32 bits per heavy atom. The smallest absolute Gasteiger partial charge is 0.242 e. The standard InChI is InChI=1S/C16H28N2O/c17-16(10-4-5-11-16)15(19)18-12-6-9-14(18)13-7-2-1-3-8-13/h13-14H,1-12,17H2. The van der Waals surface area contributed by atoms with Gasteiger partial charge in [-0.05, 0) is 44.4 Å². The van der Waals surface area contributed by atoms with Gasteiger partial charge in [0.25, 0.3) is 0 Å². The Morgan fingerprint density at radius 1 is 0.947 bits per heavy atom. The number of hydrogen-bond acceptors (Lipinski definition) is 2. The van der Waals surface area contributed by atoms with Crippen LogP contribution >= 0.6 is 0 Å². The lowest BCUT2D eigenvalue weighted by atomic mass is 9.82. The maximum Gasteiger partial charge on any atom is 0.242 e. The van der Waals surface area contributed by atoms with Gasteiger partial charge in [0.05, 0.1) is 5.54 Å². The van der Waals surface area contributed by atoms with E-state index in [0.717, 1.165) is 38.1 Å². The van der Waals surface area contributed by atoms with Gasteiger partial charge in [0.2, 0.25) is 5.91 Å². The lowest BCUT2D eigenvalue weighted by Crippen LogP contribution is -2.56. The van der Waals surface area contributed by atoms with Crippen LogP contribution in [-0.2, 0) is 4.79 Å². The largest absolute Gasteiger partial charge is 0.338 e. The highest BCUT2D eigenvalue weighted by Crippen LogP contribution is 2.37. The second-order valence-corrected chi connectivity index (χ2v) is 6.97. The van der Waals surface area contributed by atoms with E-state index in [1.54, 1.807) is 0 Å². The van der Waals surface area contributed by atoms with Crippen LogP contribution in [0.25, 0.3) is 0 Å². The molecule has 2 aliphatic carbocycles. The Balaban J connectivity index is 1.70. The van der Waals surface area contributed by atoms with E-state index >= 15 is 0 Å².